The molecule has 4 heteroatoms. The summed E-state index contributed by atoms with van der Waals surface area (Å²) >= 11 is 5.52. The van der Waals surface area contributed by atoms with E-state index in [0.29, 0.717) is 5.76 Å². The fourth-order valence-corrected chi connectivity index (χ4v) is 2.98. The van der Waals surface area contributed by atoms with Gasteiger partial charge in [-0.2, -0.15) is 0 Å². The Hall–Kier alpha value is -2.46. The van der Waals surface area contributed by atoms with E-state index in [-0.39, 0.29) is 18.5 Å². The summed E-state index contributed by atoms with van der Waals surface area (Å²) < 4.78 is 12.0. The Morgan fingerprint density at radius 2 is 1.96 bits per heavy atom. The van der Waals surface area contributed by atoms with Crippen LogP contribution in [0.25, 0.3) is 22.3 Å². The Bertz CT molecular complexity index is 986. The molecule has 0 atom stereocenters. The molecule has 0 radical (unpaired) electrons. The third kappa shape index (κ3) is 4.15. The molecule has 3 rings (SSSR count). The molecule has 1 heterocycles. The van der Waals surface area contributed by atoms with E-state index in [9.17, 15) is 4.79 Å². The molecule has 0 aliphatic carbocycles. The average molecular weight is 352 g/mol. The van der Waals surface area contributed by atoms with Gasteiger partial charge < -0.3 is 9.15 Å². The smallest absolute Gasteiger partial charge is 0.310 e. The van der Waals surface area contributed by atoms with E-state index in [1.807, 2.05) is 69.3 Å². The maximum atomic E-state index is 11.9. The summed E-state index contributed by atoms with van der Waals surface area (Å²) in [4.78, 5) is 11.9. The molecule has 0 saturated heterocycles. The van der Waals surface area contributed by atoms with Crippen LogP contribution in [0.4, 0.5) is 0 Å². The highest BCUT2D eigenvalue weighted by molar-refractivity contribution is 7.71. The molecule has 0 spiro atoms. The van der Waals surface area contributed by atoms with Crippen molar-refractivity contribution in [3.63, 3.8) is 0 Å². The van der Waals surface area contributed by atoms with Crippen molar-refractivity contribution in [2.24, 2.45) is 0 Å². The Labute approximate surface area is 152 Å². The highest BCUT2D eigenvalue weighted by Crippen LogP contribution is 2.27. The zero-order chi connectivity index (χ0) is 18.0. The van der Waals surface area contributed by atoms with Crippen molar-refractivity contribution in [3.05, 3.63) is 64.2 Å². The van der Waals surface area contributed by atoms with Crippen LogP contribution in [0.2, 0.25) is 0 Å². The van der Waals surface area contributed by atoms with Gasteiger partial charge in [-0.1, -0.05) is 42.0 Å². The minimum absolute atomic E-state index is 0.114. The number of hydrogen-bond acceptors (Lipinski definition) is 4. The molecule has 0 aliphatic heterocycles. The van der Waals surface area contributed by atoms with Crippen LogP contribution in [-0.2, 0) is 16.0 Å². The van der Waals surface area contributed by atoms with Gasteiger partial charge in [-0.05, 0) is 44.5 Å². The van der Waals surface area contributed by atoms with Gasteiger partial charge in [-0.15, -0.1) is 0 Å². The molecule has 0 amide bonds. The number of fused-ring (bicyclic) bond motifs is 1. The molecule has 0 N–H and O–H groups in total. The Balaban J connectivity index is 1.96. The van der Waals surface area contributed by atoms with Crippen LogP contribution in [0, 0.1) is 11.4 Å². The highest BCUT2D eigenvalue weighted by Gasteiger charge is 2.10. The first kappa shape index (κ1) is 17.4. The number of aryl methyl sites for hydroxylation is 1. The summed E-state index contributed by atoms with van der Waals surface area (Å²) in [5.74, 6) is 0.461. The number of rotatable bonds is 4. The molecule has 128 valence electrons. The first-order chi connectivity index (χ1) is 11.9. The first-order valence-corrected chi connectivity index (χ1v) is 8.66. The lowest BCUT2D eigenvalue weighted by Crippen LogP contribution is -2.13. The zero-order valence-electron chi connectivity index (χ0n) is 14.5. The van der Waals surface area contributed by atoms with Crippen LogP contribution in [0.1, 0.15) is 25.0 Å². The van der Waals surface area contributed by atoms with Crippen LogP contribution in [0.15, 0.2) is 52.9 Å². The van der Waals surface area contributed by atoms with Gasteiger partial charge >= 0.3 is 5.97 Å². The van der Waals surface area contributed by atoms with Crippen LogP contribution >= 0.6 is 12.2 Å². The number of carbonyl (C=O) groups is 1. The van der Waals surface area contributed by atoms with Crippen molar-refractivity contribution in [3.8, 4) is 11.3 Å². The molecule has 25 heavy (non-hydrogen) atoms. The second-order valence-corrected chi connectivity index (χ2v) is 6.83. The quantitative estimate of drug-likeness (QED) is 0.450. The average Bonchev–Trinajstić information content (AvgIpc) is 2.54. The summed E-state index contributed by atoms with van der Waals surface area (Å²) in [6.45, 7) is 5.71. The molecule has 1 aromatic heterocycles. The lowest BCUT2D eigenvalue weighted by atomic mass is 10.1. The van der Waals surface area contributed by atoms with Crippen LogP contribution in [0.3, 0.4) is 0 Å². The third-order valence-electron chi connectivity index (χ3n) is 3.81. The van der Waals surface area contributed by atoms with E-state index in [2.05, 4.69) is 0 Å². The van der Waals surface area contributed by atoms with Gasteiger partial charge in [0.05, 0.1) is 17.0 Å². The normalized spacial score (nSPS) is 11.0. The van der Waals surface area contributed by atoms with Crippen LogP contribution < -0.4 is 0 Å². The van der Waals surface area contributed by atoms with Gasteiger partial charge in [0.1, 0.15) is 11.3 Å². The molecule has 0 bridgehead atoms. The van der Waals surface area contributed by atoms with E-state index in [1.165, 1.54) is 0 Å². The molecule has 0 aliphatic rings. The SMILES string of the molecule is Cc1ccc2oc(-c3cccc(CC(=O)OC(C)C)c3)cc(=S)c2c1. The lowest BCUT2D eigenvalue weighted by Gasteiger charge is -2.09. The minimum atomic E-state index is -0.234. The molecule has 3 aromatic rings. The number of benzene rings is 2. The molecular weight excluding hydrogens is 332 g/mol. The number of ether oxygens (including phenoxy) is 1. The van der Waals surface area contributed by atoms with E-state index < -0.39 is 0 Å². The van der Waals surface area contributed by atoms with Crippen molar-refractivity contribution < 1.29 is 13.9 Å². The summed E-state index contributed by atoms with van der Waals surface area (Å²) in [6, 6.07) is 15.5. The van der Waals surface area contributed by atoms with Gasteiger partial charge in [0, 0.05) is 17.0 Å². The zero-order valence-corrected chi connectivity index (χ0v) is 15.4. The fourth-order valence-electron chi connectivity index (χ4n) is 2.72. The summed E-state index contributed by atoms with van der Waals surface area (Å²) in [5, 5.41) is 0.940. The van der Waals surface area contributed by atoms with E-state index in [4.69, 9.17) is 21.4 Å². The summed E-state index contributed by atoms with van der Waals surface area (Å²) in [5.41, 5.74) is 3.68. The molecular formula is C21H20O3S. The molecule has 0 unspecified atom stereocenters. The van der Waals surface area contributed by atoms with Gasteiger partial charge in [0.15, 0.2) is 0 Å². The van der Waals surface area contributed by atoms with Crippen molar-refractivity contribution >= 4 is 29.2 Å². The monoisotopic (exact) mass is 352 g/mol. The van der Waals surface area contributed by atoms with Crippen molar-refractivity contribution in [2.45, 2.75) is 33.3 Å². The Morgan fingerprint density at radius 3 is 2.72 bits per heavy atom. The van der Waals surface area contributed by atoms with Gasteiger partial charge in [0.2, 0.25) is 0 Å². The van der Waals surface area contributed by atoms with E-state index >= 15 is 0 Å². The Morgan fingerprint density at radius 1 is 1.16 bits per heavy atom. The standard InChI is InChI=1S/C21H20O3S/c1-13(2)23-21(22)11-15-5-4-6-16(10-15)19-12-20(25)17-9-14(3)7-8-18(17)24-19/h4-10,12-13H,11H2,1-3H3. The number of esters is 1. The van der Waals surface area contributed by atoms with Gasteiger partial charge in [-0.3, -0.25) is 4.79 Å². The van der Waals surface area contributed by atoms with Crippen molar-refractivity contribution in [1.82, 2.24) is 0 Å². The van der Waals surface area contributed by atoms with Gasteiger partial charge in [0.25, 0.3) is 0 Å². The third-order valence-corrected chi connectivity index (χ3v) is 4.15. The second-order valence-electron chi connectivity index (χ2n) is 6.39. The number of carbonyl (C=O) groups excluding carboxylic acids is 1. The minimum Gasteiger partial charge on any atom is -0.463 e. The molecule has 3 nitrogen and oxygen atoms in total. The largest absolute Gasteiger partial charge is 0.463 e. The highest BCUT2D eigenvalue weighted by atomic mass is 32.1. The van der Waals surface area contributed by atoms with Crippen LogP contribution in [0.5, 0.6) is 0 Å². The Kier molecular flexibility index (Phi) is 5.00. The molecule has 2 aromatic carbocycles. The topological polar surface area (TPSA) is 39.4 Å². The molecule has 0 fully saturated rings. The lowest BCUT2D eigenvalue weighted by molar-refractivity contribution is -0.146. The van der Waals surface area contributed by atoms with Crippen LogP contribution in [-0.4, -0.2) is 12.1 Å². The maximum absolute atomic E-state index is 11.9. The van der Waals surface area contributed by atoms with Crippen molar-refractivity contribution in [1.29, 1.82) is 0 Å². The predicted molar refractivity (Wildman–Crippen MR) is 102 cm³/mol. The molecule has 0 saturated carbocycles. The van der Waals surface area contributed by atoms with Gasteiger partial charge in [-0.25, -0.2) is 0 Å². The van der Waals surface area contributed by atoms with E-state index in [1.54, 1.807) is 0 Å². The predicted octanol–water partition coefficient (Wildman–Crippen LogP) is 5.63. The fraction of sp³-hybridized carbons (Fsp3) is 0.238. The van der Waals surface area contributed by atoms with E-state index in [0.717, 1.165) is 32.2 Å². The maximum Gasteiger partial charge on any atom is 0.310 e. The summed E-state index contributed by atoms with van der Waals surface area (Å²) in [6.07, 6.45) is 0.122. The summed E-state index contributed by atoms with van der Waals surface area (Å²) in [7, 11) is 0. The second kappa shape index (κ2) is 7.19. The van der Waals surface area contributed by atoms with Crippen molar-refractivity contribution in [2.75, 3.05) is 0 Å². The first-order valence-electron chi connectivity index (χ1n) is 8.25. The number of hydrogen-bond donors (Lipinski definition) is 0.